The zero-order valence-electron chi connectivity index (χ0n) is 15.8. The molecule has 5 atom stereocenters. The fourth-order valence-corrected chi connectivity index (χ4v) is 6.42. The van der Waals surface area contributed by atoms with Gasteiger partial charge in [0.1, 0.15) is 0 Å². The van der Waals surface area contributed by atoms with Crippen LogP contribution in [0, 0.1) is 29.1 Å². The molecule has 2 bridgehead atoms. The average molecular weight is 361 g/mol. The summed E-state index contributed by atoms with van der Waals surface area (Å²) in [4.78, 5) is 0. The van der Waals surface area contributed by atoms with Gasteiger partial charge in [-0.25, -0.2) is 0 Å². The van der Waals surface area contributed by atoms with E-state index in [4.69, 9.17) is 5.41 Å². The summed E-state index contributed by atoms with van der Waals surface area (Å²) < 4.78 is 0. The number of benzene rings is 1. The second-order valence-corrected chi connectivity index (χ2v) is 8.99. The van der Waals surface area contributed by atoms with Gasteiger partial charge in [-0.15, -0.1) is 0 Å². The number of nitrogens with one attached hydrogen (secondary N) is 4. The Morgan fingerprint density at radius 3 is 2.89 bits per heavy atom. The Hall–Kier alpha value is -2.30. The number of aromatic nitrogens is 2. The van der Waals surface area contributed by atoms with Crippen LogP contribution in [0.15, 0.2) is 30.1 Å². The fourth-order valence-electron chi connectivity index (χ4n) is 6.42. The summed E-state index contributed by atoms with van der Waals surface area (Å²) in [5.41, 5.74) is 5.94. The standard InChI is InChI=1S/C22H27N5/c1-24-9-15(21(23)11-2-3-11)22-19-13-5-4-12(8-13)18(19)20-14-10-25-27-16(14)6-7-17(20)26-22/h6-7,9-13,18-19,22-24,26H,2-5,8H2,1H3,(H,25,27)/b15-9+,23-21?/t12?,13?,18-,19+,22-/m0/s1. The van der Waals surface area contributed by atoms with E-state index in [1.54, 1.807) is 0 Å². The molecule has 5 nitrogen and oxygen atoms in total. The first kappa shape index (κ1) is 15.7. The molecule has 1 aromatic carbocycles. The lowest BCUT2D eigenvalue weighted by molar-refractivity contribution is 0.265. The molecule has 3 fully saturated rings. The van der Waals surface area contributed by atoms with Gasteiger partial charge in [-0.1, -0.05) is 0 Å². The number of fused-ring (bicyclic) bond motifs is 9. The first-order chi connectivity index (χ1) is 13.3. The van der Waals surface area contributed by atoms with Crippen molar-refractivity contribution in [2.45, 2.75) is 44.1 Å². The summed E-state index contributed by atoms with van der Waals surface area (Å²) in [7, 11) is 1.96. The molecule has 0 amide bonds. The minimum Gasteiger partial charge on any atom is -0.394 e. The molecule has 140 valence electrons. The molecule has 4 aliphatic rings. The molecule has 0 radical (unpaired) electrons. The fraction of sp³-hybridized carbons (Fsp3) is 0.545. The Bertz CT molecular complexity index is 953. The third kappa shape index (κ3) is 2.17. The van der Waals surface area contributed by atoms with Crippen LogP contribution in [0.4, 0.5) is 5.69 Å². The van der Waals surface area contributed by atoms with Crippen LogP contribution < -0.4 is 10.6 Å². The highest BCUT2D eigenvalue weighted by Crippen LogP contribution is 2.62. The summed E-state index contributed by atoms with van der Waals surface area (Å²) in [5.74, 6) is 3.23. The molecule has 3 saturated carbocycles. The molecule has 0 saturated heterocycles. The third-order valence-electron chi connectivity index (χ3n) is 7.61. The Morgan fingerprint density at radius 1 is 1.22 bits per heavy atom. The van der Waals surface area contributed by atoms with Crippen molar-refractivity contribution < 1.29 is 0 Å². The molecule has 4 N–H and O–H groups in total. The van der Waals surface area contributed by atoms with Crippen LogP contribution in [0.3, 0.4) is 0 Å². The van der Waals surface area contributed by atoms with E-state index in [2.05, 4.69) is 39.2 Å². The predicted octanol–water partition coefficient (Wildman–Crippen LogP) is 4.02. The van der Waals surface area contributed by atoms with E-state index in [9.17, 15) is 0 Å². The molecular weight excluding hydrogens is 334 g/mol. The SMILES string of the molecule is CN/C=C(\C(=N)C1CC1)[C@@H]1Nc2ccc3[nH]ncc3c2[C@H]2C3CCC(C3)[C@@H]12. The number of hydrogen-bond acceptors (Lipinski definition) is 4. The van der Waals surface area contributed by atoms with Crippen LogP contribution in [-0.4, -0.2) is 29.0 Å². The quantitative estimate of drug-likeness (QED) is 0.621. The van der Waals surface area contributed by atoms with Gasteiger partial charge in [0.2, 0.25) is 0 Å². The summed E-state index contributed by atoms with van der Waals surface area (Å²) >= 11 is 0. The average Bonchev–Trinajstić information content (AvgIpc) is 3.11. The number of anilines is 1. The van der Waals surface area contributed by atoms with E-state index in [1.807, 2.05) is 13.2 Å². The van der Waals surface area contributed by atoms with Crippen LogP contribution in [0.5, 0.6) is 0 Å². The number of H-pyrrole nitrogens is 1. The summed E-state index contributed by atoms with van der Waals surface area (Å²) in [6.07, 6.45) is 10.5. The molecule has 3 aliphatic carbocycles. The molecule has 5 heteroatoms. The maximum atomic E-state index is 8.82. The van der Waals surface area contributed by atoms with Gasteiger partial charge in [0.15, 0.2) is 0 Å². The van der Waals surface area contributed by atoms with Gasteiger partial charge < -0.3 is 16.0 Å². The first-order valence-electron chi connectivity index (χ1n) is 10.4. The van der Waals surface area contributed by atoms with E-state index in [1.165, 1.54) is 54.3 Å². The first-order valence-corrected chi connectivity index (χ1v) is 10.4. The highest BCUT2D eigenvalue weighted by Gasteiger charge is 2.55. The third-order valence-corrected chi connectivity index (χ3v) is 7.61. The Morgan fingerprint density at radius 2 is 2.07 bits per heavy atom. The largest absolute Gasteiger partial charge is 0.394 e. The highest BCUT2D eigenvalue weighted by molar-refractivity contribution is 6.03. The van der Waals surface area contributed by atoms with Crippen molar-refractivity contribution in [3.05, 3.63) is 35.7 Å². The van der Waals surface area contributed by atoms with Crippen LogP contribution in [0.25, 0.3) is 10.9 Å². The van der Waals surface area contributed by atoms with Crippen LogP contribution in [-0.2, 0) is 0 Å². The van der Waals surface area contributed by atoms with E-state index in [0.717, 1.165) is 23.1 Å². The second kappa shape index (κ2) is 5.60. The van der Waals surface area contributed by atoms with E-state index < -0.39 is 0 Å². The lowest BCUT2D eigenvalue weighted by atomic mass is 9.66. The predicted molar refractivity (Wildman–Crippen MR) is 108 cm³/mol. The molecule has 2 unspecified atom stereocenters. The molecule has 1 aromatic heterocycles. The number of rotatable bonds is 4. The number of nitrogens with zero attached hydrogens (tertiary/aromatic N) is 1. The van der Waals surface area contributed by atoms with Gasteiger partial charge in [-0.05, 0) is 73.5 Å². The molecule has 2 heterocycles. The van der Waals surface area contributed by atoms with Gasteiger partial charge in [0.25, 0.3) is 0 Å². The van der Waals surface area contributed by atoms with Crippen LogP contribution >= 0.6 is 0 Å². The smallest absolute Gasteiger partial charge is 0.0654 e. The van der Waals surface area contributed by atoms with E-state index in [-0.39, 0.29) is 6.04 Å². The van der Waals surface area contributed by atoms with Crippen molar-refractivity contribution in [2.75, 3.05) is 12.4 Å². The van der Waals surface area contributed by atoms with Crippen LogP contribution in [0.1, 0.15) is 43.6 Å². The van der Waals surface area contributed by atoms with Gasteiger partial charge >= 0.3 is 0 Å². The maximum absolute atomic E-state index is 8.82. The molecule has 1 aliphatic heterocycles. The lowest BCUT2D eigenvalue weighted by Crippen LogP contribution is -2.44. The van der Waals surface area contributed by atoms with Crippen molar-refractivity contribution in [2.24, 2.45) is 23.7 Å². The Kier molecular flexibility index (Phi) is 3.26. The van der Waals surface area contributed by atoms with Crippen molar-refractivity contribution >= 4 is 22.3 Å². The zero-order chi connectivity index (χ0) is 18.1. The molecular formula is C22H27N5. The number of hydrogen-bond donors (Lipinski definition) is 4. The van der Waals surface area contributed by atoms with E-state index >= 15 is 0 Å². The lowest BCUT2D eigenvalue weighted by Gasteiger charge is -2.44. The van der Waals surface area contributed by atoms with Gasteiger partial charge in [-0.2, -0.15) is 5.10 Å². The highest BCUT2D eigenvalue weighted by atomic mass is 15.1. The molecule has 0 spiro atoms. The van der Waals surface area contributed by atoms with Gasteiger partial charge in [0, 0.05) is 41.5 Å². The van der Waals surface area contributed by atoms with Crippen molar-refractivity contribution in [3.8, 4) is 0 Å². The zero-order valence-corrected chi connectivity index (χ0v) is 15.8. The summed E-state index contributed by atoms with van der Waals surface area (Å²) in [6.45, 7) is 0. The molecule has 6 rings (SSSR count). The maximum Gasteiger partial charge on any atom is 0.0654 e. The minimum atomic E-state index is 0.253. The summed E-state index contributed by atoms with van der Waals surface area (Å²) in [5, 5.41) is 24.7. The van der Waals surface area contributed by atoms with Gasteiger partial charge in [0.05, 0.1) is 17.8 Å². The van der Waals surface area contributed by atoms with Crippen molar-refractivity contribution in [3.63, 3.8) is 0 Å². The topological polar surface area (TPSA) is 76.6 Å². The van der Waals surface area contributed by atoms with E-state index in [0.29, 0.717) is 17.8 Å². The molecule has 27 heavy (non-hydrogen) atoms. The molecule has 2 aromatic rings. The summed E-state index contributed by atoms with van der Waals surface area (Å²) in [6, 6.07) is 4.62. The second-order valence-electron chi connectivity index (χ2n) is 8.99. The van der Waals surface area contributed by atoms with Crippen LogP contribution in [0.2, 0.25) is 0 Å². The van der Waals surface area contributed by atoms with Gasteiger partial charge in [-0.3, -0.25) is 5.10 Å². The monoisotopic (exact) mass is 361 g/mol. The Balaban J connectivity index is 1.51. The number of aromatic amines is 1. The van der Waals surface area contributed by atoms with Crippen molar-refractivity contribution in [1.82, 2.24) is 15.5 Å². The Labute approximate surface area is 159 Å². The minimum absolute atomic E-state index is 0.253. The van der Waals surface area contributed by atoms with Crippen molar-refractivity contribution in [1.29, 1.82) is 5.41 Å². The normalized spacial score (nSPS) is 34.3.